The van der Waals surface area contributed by atoms with Gasteiger partial charge in [-0.1, -0.05) is 18.6 Å². The number of hydrogen-bond donors (Lipinski definition) is 6. The van der Waals surface area contributed by atoms with Crippen LogP contribution < -0.4 is 27.5 Å². The summed E-state index contributed by atoms with van der Waals surface area (Å²) >= 11 is 0. The van der Waals surface area contributed by atoms with Crippen LogP contribution in [0.4, 0.5) is 5.69 Å². The van der Waals surface area contributed by atoms with Crippen LogP contribution in [0.1, 0.15) is 24.8 Å². The van der Waals surface area contributed by atoms with Crippen molar-refractivity contribution in [2.75, 3.05) is 5.32 Å². The lowest BCUT2D eigenvalue weighted by atomic mass is 9.83. The highest BCUT2D eigenvalue weighted by atomic mass is 15.5. The van der Waals surface area contributed by atoms with Crippen LogP contribution >= 0.6 is 0 Å². The maximum Gasteiger partial charge on any atom is 0.154 e. The molecule has 27 heavy (non-hydrogen) atoms. The molecular weight excluding hydrogens is 340 g/mol. The van der Waals surface area contributed by atoms with E-state index in [-0.39, 0.29) is 18.3 Å². The number of nitrogens with zero attached hydrogens (tertiary/aromatic N) is 2. The molecule has 8 nitrogen and oxygen atoms in total. The van der Waals surface area contributed by atoms with Crippen molar-refractivity contribution in [3.05, 3.63) is 53.9 Å². The zero-order valence-corrected chi connectivity index (χ0v) is 15.2. The first-order chi connectivity index (χ1) is 13.1. The van der Waals surface area contributed by atoms with Crippen molar-refractivity contribution in [2.45, 2.75) is 38.1 Å². The Labute approximate surface area is 159 Å². The topological polar surface area (TPSA) is 139 Å². The van der Waals surface area contributed by atoms with Crippen LogP contribution in [0, 0.1) is 22.7 Å². The van der Waals surface area contributed by atoms with Gasteiger partial charge in [0.2, 0.25) is 0 Å². The van der Waals surface area contributed by atoms with Gasteiger partial charge in [0.1, 0.15) is 12.0 Å². The minimum absolute atomic E-state index is 0.169. The van der Waals surface area contributed by atoms with E-state index in [0.29, 0.717) is 12.3 Å². The predicted octanol–water partition coefficient (Wildman–Crippen LogP) is 1.28. The van der Waals surface area contributed by atoms with Gasteiger partial charge in [-0.15, -0.1) is 0 Å². The number of benzene rings is 1. The SMILES string of the molecule is N#CCc1ccc(NC2NC=CC(N(N)C(=N)C=C(N)C3CCC3)N2)cc1. The first-order valence-corrected chi connectivity index (χ1v) is 9.07. The van der Waals surface area contributed by atoms with Crippen LogP contribution in [-0.4, -0.2) is 23.3 Å². The van der Waals surface area contributed by atoms with Crippen LogP contribution in [-0.2, 0) is 6.42 Å². The van der Waals surface area contributed by atoms with Gasteiger partial charge in [0.25, 0.3) is 0 Å². The van der Waals surface area contributed by atoms with Gasteiger partial charge >= 0.3 is 0 Å². The predicted molar refractivity (Wildman–Crippen MR) is 106 cm³/mol. The van der Waals surface area contributed by atoms with E-state index in [1.807, 2.05) is 30.3 Å². The fourth-order valence-corrected chi connectivity index (χ4v) is 2.99. The summed E-state index contributed by atoms with van der Waals surface area (Å²) in [5, 5.41) is 28.0. The maximum absolute atomic E-state index is 8.74. The Morgan fingerprint density at radius 1 is 1.37 bits per heavy atom. The highest BCUT2D eigenvalue weighted by Gasteiger charge is 2.24. The summed E-state index contributed by atoms with van der Waals surface area (Å²) in [6.45, 7) is 0. The zero-order chi connectivity index (χ0) is 19.2. The molecule has 8 N–H and O–H groups in total. The van der Waals surface area contributed by atoms with E-state index in [0.717, 1.165) is 29.8 Å². The first kappa shape index (κ1) is 18.8. The van der Waals surface area contributed by atoms with Gasteiger partial charge in [0, 0.05) is 17.5 Å². The Morgan fingerprint density at radius 3 is 2.74 bits per heavy atom. The molecule has 0 bridgehead atoms. The van der Waals surface area contributed by atoms with Gasteiger partial charge in [-0.05, 0) is 48.7 Å². The van der Waals surface area contributed by atoms with Crippen LogP contribution in [0.15, 0.2) is 48.3 Å². The van der Waals surface area contributed by atoms with Gasteiger partial charge in [-0.25, -0.2) is 5.84 Å². The quantitative estimate of drug-likeness (QED) is 0.193. The highest BCUT2D eigenvalue weighted by Crippen LogP contribution is 2.30. The molecule has 0 aromatic heterocycles. The second-order valence-corrected chi connectivity index (χ2v) is 6.81. The molecule has 1 fully saturated rings. The van der Waals surface area contributed by atoms with Crippen molar-refractivity contribution in [3.8, 4) is 6.07 Å². The van der Waals surface area contributed by atoms with Crippen molar-refractivity contribution in [1.82, 2.24) is 15.6 Å². The van der Waals surface area contributed by atoms with E-state index < -0.39 is 0 Å². The number of anilines is 1. The number of hydrazine groups is 1. The molecule has 0 saturated heterocycles. The summed E-state index contributed by atoms with van der Waals surface area (Å²) in [6, 6.07) is 9.82. The molecule has 142 valence electrons. The molecule has 1 aliphatic heterocycles. The summed E-state index contributed by atoms with van der Waals surface area (Å²) in [7, 11) is 0. The monoisotopic (exact) mass is 366 g/mol. The molecule has 2 atom stereocenters. The fraction of sp³-hybridized carbons (Fsp3) is 0.368. The van der Waals surface area contributed by atoms with Gasteiger partial charge in [0.05, 0.1) is 12.5 Å². The van der Waals surface area contributed by atoms with Gasteiger partial charge in [0.15, 0.2) is 6.29 Å². The summed E-state index contributed by atoms with van der Waals surface area (Å²) in [6.07, 6.45) is 8.46. The number of rotatable bonds is 6. The minimum Gasteiger partial charge on any atom is -0.402 e. The largest absolute Gasteiger partial charge is 0.402 e. The standard InChI is InChI=1S/C19H26N8/c20-10-8-13-4-6-15(7-5-13)25-19-24-11-9-18(26-19)27(23)17(22)12-16(21)14-2-1-3-14/h4-7,9,11-12,14,18-19,22,24-26H,1-3,8,21,23H2. The number of nitriles is 1. The maximum atomic E-state index is 8.74. The average Bonchev–Trinajstić information content (AvgIpc) is 2.61. The van der Waals surface area contributed by atoms with Gasteiger partial charge in [-0.2, -0.15) is 5.26 Å². The normalized spacial score (nSPS) is 22.3. The smallest absolute Gasteiger partial charge is 0.154 e. The van der Waals surface area contributed by atoms with E-state index in [4.69, 9.17) is 22.2 Å². The molecule has 1 saturated carbocycles. The molecule has 2 unspecified atom stereocenters. The van der Waals surface area contributed by atoms with Crippen LogP contribution in [0.2, 0.25) is 0 Å². The summed E-state index contributed by atoms with van der Waals surface area (Å²) < 4.78 is 0. The molecular formula is C19H26N8. The Bertz CT molecular complexity index is 757. The summed E-state index contributed by atoms with van der Waals surface area (Å²) in [5.41, 5.74) is 8.67. The highest BCUT2D eigenvalue weighted by molar-refractivity contribution is 5.90. The van der Waals surface area contributed by atoms with E-state index in [2.05, 4.69) is 22.0 Å². The number of allylic oxidation sites excluding steroid dienone is 1. The fourth-order valence-electron chi connectivity index (χ4n) is 2.99. The summed E-state index contributed by atoms with van der Waals surface area (Å²) in [5.74, 6) is 6.67. The van der Waals surface area contributed by atoms with E-state index in [9.17, 15) is 0 Å². The lowest BCUT2D eigenvalue weighted by Gasteiger charge is -2.35. The molecule has 0 spiro atoms. The molecule has 1 aromatic carbocycles. The second-order valence-electron chi connectivity index (χ2n) is 6.81. The number of nitrogens with one attached hydrogen (secondary N) is 4. The third kappa shape index (κ3) is 4.78. The number of amidine groups is 1. The van der Waals surface area contributed by atoms with Crippen molar-refractivity contribution in [1.29, 1.82) is 10.7 Å². The van der Waals surface area contributed by atoms with E-state index in [1.54, 1.807) is 12.3 Å². The number of nitrogens with two attached hydrogens (primary N) is 2. The Hall–Kier alpha value is -3.02. The molecule has 1 heterocycles. The lowest BCUT2D eigenvalue weighted by molar-refractivity contribution is 0.276. The average molecular weight is 366 g/mol. The first-order valence-electron chi connectivity index (χ1n) is 9.07. The Kier molecular flexibility index (Phi) is 5.96. The number of hydrogen-bond acceptors (Lipinski definition) is 7. The van der Waals surface area contributed by atoms with Crippen LogP contribution in [0.25, 0.3) is 0 Å². The molecule has 2 aliphatic rings. The van der Waals surface area contributed by atoms with Crippen LogP contribution in [0.3, 0.4) is 0 Å². The van der Waals surface area contributed by atoms with Crippen molar-refractivity contribution in [3.63, 3.8) is 0 Å². The third-order valence-corrected chi connectivity index (χ3v) is 4.88. The second kappa shape index (κ2) is 8.58. The van der Waals surface area contributed by atoms with Gasteiger partial charge in [-0.3, -0.25) is 15.7 Å². The van der Waals surface area contributed by atoms with Crippen molar-refractivity contribution in [2.24, 2.45) is 17.5 Å². The molecule has 1 aromatic rings. The van der Waals surface area contributed by atoms with E-state index in [1.165, 1.54) is 11.4 Å². The molecule has 8 heteroatoms. The molecule has 0 amide bonds. The third-order valence-electron chi connectivity index (χ3n) is 4.88. The van der Waals surface area contributed by atoms with E-state index >= 15 is 0 Å². The Morgan fingerprint density at radius 2 is 2.11 bits per heavy atom. The molecule has 1 aliphatic carbocycles. The van der Waals surface area contributed by atoms with Crippen molar-refractivity contribution >= 4 is 11.5 Å². The minimum atomic E-state index is -0.348. The Balaban J connectivity index is 1.56. The molecule has 0 radical (unpaired) electrons. The van der Waals surface area contributed by atoms with Crippen LogP contribution in [0.5, 0.6) is 0 Å². The lowest BCUT2D eigenvalue weighted by Crippen LogP contribution is -2.61. The van der Waals surface area contributed by atoms with Crippen molar-refractivity contribution < 1.29 is 0 Å². The zero-order valence-electron chi connectivity index (χ0n) is 15.2. The molecule has 3 rings (SSSR count). The van der Waals surface area contributed by atoms with Gasteiger partial charge < -0.3 is 16.4 Å². The summed E-state index contributed by atoms with van der Waals surface area (Å²) in [4.78, 5) is 0.